The summed E-state index contributed by atoms with van der Waals surface area (Å²) in [5.41, 5.74) is 0. The molecular weight excluding hydrogens is 128 g/mol. The van der Waals surface area contributed by atoms with E-state index in [9.17, 15) is 0 Å². The zero-order chi connectivity index (χ0) is 6.15. The lowest BCUT2D eigenvalue weighted by Gasteiger charge is -2.08. The molecule has 0 aromatic rings. The molecule has 4 heteroatoms. The van der Waals surface area contributed by atoms with E-state index in [1.807, 2.05) is 6.92 Å². The summed E-state index contributed by atoms with van der Waals surface area (Å²) in [4.78, 5) is 8.68. The van der Waals surface area contributed by atoms with E-state index in [-0.39, 0.29) is 11.5 Å². The van der Waals surface area contributed by atoms with Crippen LogP contribution in [0.1, 0.15) is 6.92 Å². The Morgan fingerprint density at radius 3 is 2.62 bits per heavy atom. The second-order valence-electron chi connectivity index (χ2n) is 1.65. The first-order valence-electron chi connectivity index (χ1n) is 2.34. The summed E-state index contributed by atoms with van der Waals surface area (Å²) in [5.74, 6) is 0. The molecular formula is C4H7ClN2O. The van der Waals surface area contributed by atoms with E-state index < -0.39 is 0 Å². The minimum absolute atomic E-state index is 0.0579. The second-order valence-corrected chi connectivity index (χ2v) is 1.97. The first-order valence-corrected chi connectivity index (χ1v) is 2.72. The van der Waals surface area contributed by atoms with Crippen molar-refractivity contribution in [3.63, 3.8) is 0 Å². The van der Waals surface area contributed by atoms with Crippen molar-refractivity contribution in [3.8, 4) is 0 Å². The molecule has 1 unspecified atom stereocenters. The quantitative estimate of drug-likeness (QED) is 0.490. The molecule has 0 bridgehead atoms. The van der Waals surface area contributed by atoms with Crippen molar-refractivity contribution in [1.29, 1.82) is 0 Å². The Labute approximate surface area is 52.9 Å². The van der Waals surface area contributed by atoms with E-state index in [0.29, 0.717) is 0 Å². The molecule has 1 aliphatic rings. The summed E-state index contributed by atoms with van der Waals surface area (Å²) in [6.45, 7) is 1.90. The molecule has 0 N–H and O–H groups in total. The van der Waals surface area contributed by atoms with Crippen LogP contribution in [-0.4, -0.2) is 23.6 Å². The molecule has 0 spiro atoms. The summed E-state index contributed by atoms with van der Waals surface area (Å²) in [7, 11) is 1.78. The number of hydroxylamine groups is 2. The van der Waals surface area contributed by atoms with Crippen LogP contribution in [0.3, 0.4) is 0 Å². The Morgan fingerprint density at radius 1 is 1.88 bits per heavy atom. The summed E-state index contributed by atoms with van der Waals surface area (Å²) in [6.07, 6.45) is 0.0579. The van der Waals surface area contributed by atoms with Gasteiger partial charge in [-0.15, -0.1) is 5.06 Å². The highest BCUT2D eigenvalue weighted by Crippen LogP contribution is 2.09. The van der Waals surface area contributed by atoms with Gasteiger partial charge in [-0.2, -0.15) is 0 Å². The van der Waals surface area contributed by atoms with Crippen LogP contribution in [0, 0.1) is 0 Å². The lowest BCUT2D eigenvalue weighted by Crippen LogP contribution is -2.20. The standard InChI is InChI=1S/C4H7ClN2O/c1-3-6-4(5)8-7(3)2/h3H,1-2H3. The minimum Gasteiger partial charge on any atom is -0.371 e. The van der Waals surface area contributed by atoms with Crippen molar-refractivity contribution in [3.05, 3.63) is 0 Å². The van der Waals surface area contributed by atoms with Crippen molar-refractivity contribution in [2.24, 2.45) is 4.99 Å². The zero-order valence-electron chi connectivity index (χ0n) is 4.76. The third-order valence-electron chi connectivity index (χ3n) is 1.03. The molecule has 0 radical (unpaired) electrons. The smallest absolute Gasteiger partial charge is 0.305 e. The molecule has 1 atom stereocenters. The molecule has 1 heterocycles. The largest absolute Gasteiger partial charge is 0.371 e. The van der Waals surface area contributed by atoms with Gasteiger partial charge < -0.3 is 4.84 Å². The van der Waals surface area contributed by atoms with E-state index >= 15 is 0 Å². The first kappa shape index (κ1) is 5.85. The van der Waals surface area contributed by atoms with Crippen LogP contribution in [0.25, 0.3) is 0 Å². The SMILES string of the molecule is CC1N=C(Cl)ON1C. The van der Waals surface area contributed by atoms with E-state index in [1.54, 1.807) is 12.1 Å². The Morgan fingerprint density at radius 2 is 2.50 bits per heavy atom. The highest BCUT2D eigenvalue weighted by atomic mass is 35.5. The second kappa shape index (κ2) is 1.91. The molecule has 0 fully saturated rings. The molecule has 0 saturated carbocycles. The number of nitrogens with zero attached hydrogens (tertiary/aromatic N) is 2. The van der Waals surface area contributed by atoms with Gasteiger partial charge in [0.15, 0.2) is 0 Å². The average molecular weight is 135 g/mol. The lowest BCUT2D eigenvalue weighted by atomic mass is 10.6. The molecule has 0 aromatic heterocycles. The fourth-order valence-corrected chi connectivity index (χ4v) is 0.697. The number of aliphatic imine (C=N–C) groups is 1. The maximum absolute atomic E-state index is 5.39. The number of hydrogen-bond donors (Lipinski definition) is 0. The van der Waals surface area contributed by atoms with Gasteiger partial charge in [-0.1, -0.05) is 0 Å². The van der Waals surface area contributed by atoms with Crippen LogP contribution in [0.4, 0.5) is 0 Å². The van der Waals surface area contributed by atoms with E-state index in [2.05, 4.69) is 4.99 Å². The Hall–Kier alpha value is -0.280. The maximum Gasteiger partial charge on any atom is 0.305 e. The van der Waals surface area contributed by atoms with Gasteiger partial charge in [0.1, 0.15) is 6.17 Å². The Balaban J connectivity index is 2.56. The molecule has 1 aliphatic heterocycles. The van der Waals surface area contributed by atoms with Gasteiger partial charge in [-0.25, -0.2) is 4.99 Å². The Bertz CT molecular complexity index is 125. The highest BCUT2D eigenvalue weighted by molar-refractivity contribution is 6.63. The van der Waals surface area contributed by atoms with Gasteiger partial charge in [-0.3, -0.25) is 0 Å². The average Bonchev–Trinajstić information content (AvgIpc) is 1.85. The van der Waals surface area contributed by atoms with Gasteiger partial charge in [0.2, 0.25) is 0 Å². The molecule has 0 aliphatic carbocycles. The van der Waals surface area contributed by atoms with Crippen molar-refractivity contribution in [2.45, 2.75) is 13.1 Å². The predicted molar refractivity (Wildman–Crippen MR) is 31.6 cm³/mol. The van der Waals surface area contributed by atoms with E-state index in [0.717, 1.165) is 0 Å². The fraction of sp³-hybridized carbons (Fsp3) is 0.750. The third kappa shape index (κ3) is 0.928. The van der Waals surface area contributed by atoms with Crippen molar-refractivity contribution < 1.29 is 4.84 Å². The van der Waals surface area contributed by atoms with Crippen molar-refractivity contribution in [1.82, 2.24) is 5.06 Å². The highest BCUT2D eigenvalue weighted by Gasteiger charge is 2.18. The fourth-order valence-electron chi connectivity index (χ4n) is 0.447. The summed E-state index contributed by atoms with van der Waals surface area (Å²) < 4.78 is 0. The minimum atomic E-state index is 0.0579. The van der Waals surface area contributed by atoms with Gasteiger partial charge >= 0.3 is 5.36 Å². The molecule has 8 heavy (non-hydrogen) atoms. The zero-order valence-corrected chi connectivity index (χ0v) is 5.51. The molecule has 0 saturated heterocycles. The Kier molecular flexibility index (Phi) is 1.40. The van der Waals surface area contributed by atoms with Gasteiger partial charge in [0.25, 0.3) is 0 Å². The van der Waals surface area contributed by atoms with Crippen molar-refractivity contribution in [2.75, 3.05) is 7.05 Å². The van der Waals surface area contributed by atoms with E-state index in [1.165, 1.54) is 0 Å². The van der Waals surface area contributed by atoms with Gasteiger partial charge in [0.05, 0.1) is 0 Å². The van der Waals surface area contributed by atoms with Gasteiger partial charge in [0, 0.05) is 7.05 Å². The van der Waals surface area contributed by atoms with Crippen LogP contribution in [0.5, 0.6) is 0 Å². The van der Waals surface area contributed by atoms with Gasteiger partial charge in [-0.05, 0) is 18.5 Å². The molecule has 46 valence electrons. The maximum atomic E-state index is 5.39. The van der Waals surface area contributed by atoms with Crippen molar-refractivity contribution >= 4 is 17.0 Å². The number of hydrogen-bond acceptors (Lipinski definition) is 3. The topological polar surface area (TPSA) is 24.8 Å². The van der Waals surface area contributed by atoms with E-state index in [4.69, 9.17) is 16.4 Å². The van der Waals surface area contributed by atoms with Crippen LogP contribution in [0.15, 0.2) is 4.99 Å². The molecule has 0 amide bonds. The number of rotatable bonds is 0. The van der Waals surface area contributed by atoms with Crippen LogP contribution < -0.4 is 0 Å². The normalized spacial score (nSPS) is 29.9. The van der Waals surface area contributed by atoms with Crippen LogP contribution >= 0.6 is 11.6 Å². The summed E-state index contributed by atoms with van der Waals surface area (Å²) >= 11 is 5.39. The van der Waals surface area contributed by atoms with Crippen LogP contribution in [-0.2, 0) is 4.84 Å². The molecule has 0 aromatic carbocycles. The predicted octanol–water partition coefficient (Wildman–Crippen LogP) is 0.804. The summed E-state index contributed by atoms with van der Waals surface area (Å²) in [6, 6.07) is 0. The molecule has 1 rings (SSSR count). The third-order valence-corrected chi connectivity index (χ3v) is 1.20. The monoisotopic (exact) mass is 134 g/mol. The van der Waals surface area contributed by atoms with Crippen LogP contribution in [0.2, 0.25) is 0 Å². The first-order chi connectivity index (χ1) is 3.70. The number of halogens is 1. The molecule has 3 nitrogen and oxygen atoms in total. The summed E-state index contributed by atoms with van der Waals surface area (Å²) in [5, 5.41) is 1.81. The lowest BCUT2D eigenvalue weighted by molar-refractivity contribution is -0.0480.